The van der Waals surface area contributed by atoms with Crippen LogP contribution in [0.15, 0.2) is 42.5 Å². The van der Waals surface area contributed by atoms with Crippen molar-refractivity contribution in [3.8, 4) is 11.5 Å². The summed E-state index contributed by atoms with van der Waals surface area (Å²) < 4.78 is 11.0. The lowest BCUT2D eigenvalue weighted by molar-refractivity contribution is -0.384. The Labute approximate surface area is 189 Å². The van der Waals surface area contributed by atoms with E-state index in [0.717, 1.165) is 10.5 Å². The molecule has 11 heteroatoms. The lowest BCUT2D eigenvalue weighted by atomic mass is 9.92. The average Bonchev–Trinajstić information content (AvgIpc) is 3.02. The van der Waals surface area contributed by atoms with E-state index in [2.05, 4.69) is 5.32 Å². The lowest BCUT2D eigenvalue weighted by Crippen LogP contribution is -2.43. The van der Waals surface area contributed by atoms with Gasteiger partial charge in [0, 0.05) is 25.7 Å². The van der Waals surface area contributed by atoms with E-state index >= 15 is 0 Å². The summed E-state index contributed by atoms with van der Waals surface area (Å²) in [6.45, 7) is 2.24. The number of fused-ring (bicyclic) bond motifs is 1. The summed E-state index contributed by atoms with van der Waals surface area (Å²) in [4.78, 5) is 50.9. The topological polar surface area (TPSA) is 131 Å². The number of nitro benzene ring substituents is 1. The Kier molecular flexibility index (Phi) is 5.62. The smallest absolute Gasteiger partial charge is 0.325 e. The van der Waals surface area contributed by atoms with Gasteiger partial charge in [0.2, 0.25) is 5.91 Å². The van der Waals surface area contributed by atoms with E-state index in [-0.39, 0.29) is 12.2 Å². The van der Waals surface area contributed by atoms with E-state index in [9.17, 15) is 24.5 Å². The molecule has 0 spiro atoms. The van der Waals surface area contributed by atoms with E-state index in [1.807, 2.05) is 6.07 Å². The fourth-order valence-corrected chi connectivity index (χ4v) is 3.76. The average molecular weight is 454 g/mol. The van der Waals surface area contributed by atoms with Crippen molar-refractivity contribution >= 4 is 23.5 Å². The Balaban J connectivity index is 1.43. The van der Waals surface area contributed by atoms with Gasteiger partial charge in [-0.25, -0.2) is 4.79 Å². The van der Waals surface area contributed by atoms with Gasteiger partial charge in [0.25, 0.3) is 11.6 Å². The third-order valence-electron chi connectivity index (χ3n) is 5.68. The molecule has 1 fully saturated rings. The second-order valence-electron chi connectivity index (χ2n) is 7.98. The van der Waals surface area contributed by atoms with Gasteiger partial charge in [-0.15, -0.1) is 0 Å². The number of ether oxygens (including phenoxy) is 2. The van der Waals surface area contributed by atoms with Crippen LogP contribution < -0.4 is 14.8 Å². The van der Waals surface area contributed by atoms with Crippen molar-refractivity contribution in [3.63, 3.8) is 0 Å². The molecule has 1 N–H and O–H groups in total. The zero-order chi connectivity index (χ0) is 23.8. The zero-order valence-electron chi connectivity index (χ0n) is 18.1. The quantitative estimate of drug-likeness (QED) is 0.400. The molecule has 0 aromatic heterocycles. The SMILES string of the molecule is CN(Cc1ccc2c(c1)OCCO2)C(=O)CN1C(=O)NC(C)(c2ccc([N+](=O)[O-])cc2)C1=O. The van der Waals surface area contributed by atoms with Gasteiger partial charge in [-0.05, 0) is 42.3 Å². The monoisotopic (exact) mass is 454 g/mol. The Morgan fingerprint density at radius 2 is 1.82 bits per heavy atom. The number of nitro groups is 1. The summed E-state index contributed by atoms with van der Waals surface area (Å²) in [5, 5.41) is 13.5. The maximum atomic E-state index is 13.0. The highest BCUT2D eigenvalue weighted by molar-refractivity contribution is 6.09. The second kappa shape index (κ2) is 8.41. The van der Waals surface area contributed by atoms with Gasteiger partial charge in [-0.2, -0.15) is 0 Å². The molecule has 11 nitrogen and oxygen atoms in total. The van der Waals surface area contributed by atoms with Crippen molar-refractivity contribution in [2.24, 2.45) is 0 Å². The minimum Gasteiger partial charge on any atom is -0.486 e. The fourth-order valence-electron chi connectivity index (χ4n) is 3.76. The van der Waals surface area contributed by atoms with Gasteiger partial charge in [-0.1, -0.05) is 6.07 Å². The number of likely N-dealkylation sites (N-methyl/N-ethyl adjacent to an activating group) is 1. The Morgan fingerprint density at radius 3 is 2.48 bits per heavy atom. The maximum absolute atomic E-state index is 13.0. The second-order valence-corrected chi connectivity index (χ2v) is 7.98. The van der Waals surface area contributed by atoms with Crippen LogP contribution in [0.1, 0.15) is 18.1 Å². The van der Waals surface area contributed by atoms with E-state index in [1.165, 1.54) is 36.1 Å². The first kappa shape index (κ1) is 22.1. The van der Waals surface area contributed by atoms with E-state index in [1.54, 1.807) is 19.2 Å². The summed E-state index contributed by atoms with van der Waals surface area (Å²) in [6.07, 6.45) is 0. The number of imide groups is 1. The van der Waals surface area contributed by atoms with Crippen LogP contribution in [0.5, 0.6) is 11.5 Å². The van der Waals surface area contributed by atoms with Gasteiger partial charge in [0.15, 0.2) is 11.5 Å². The van der Waals surface area contributed by atoms with E-state index < -0.39 is 34.9 Å². The summed E-state index contributed by atoms with van der Waals surface area (Å²) in [5.41, 5.74) is -0.373. The van der Waals surface area contributed by atoms with Crippen LogP contribution in [0, 0.1) is 10.1 Å². The van der Waals surface area contributed by atoms with Crippen LogP contribution in [-0.4, -0.2) is 59.4 Å². The third kappa shape index (κ3) is 4.16. The number of hydrogen-bond donors (Lipinski definition) is 1. The highest BCUT2D eigenvalue weighted by atomic mass is 16.6. The van der Waals surface area contributed by atoms with Crippen LogP contribution in [-0.2, 0) is 21.7 Å². The number of hydrogen-bond acceptors (Lipinski definition) is 7. The molecule has 33 heavy (non-hydrogen) atoms. The van der Waals surface area contributed by atoms with Crippen LogP contribution >= 0.6 is 0 Å². The molecular formula is C22H22N4O7. The van der Waals surface area contributed by atoms with Crippen molar-refractivity contribution in [2.75, 3.05) is 26.8 Å². The van der Waals surface area contributed by atoms with Crippen molar-refractivity contribution < 1.29 is 28.8 Å². The van der Waals surface area contributed by atoms with Crippen LogP contribution in [0.4, 0.5) is 10.5 Å². The Bertz CT molecular complexity index is 1130. The first-order valence-corrected chi connectivity index (χ1v) is 10.2. The Hall–Kier alpha value is -4.15. The summed E-state index contributed by atoms with van der Waals surface area (Å²) >= 11 is 0. The number of nitrogens with one attached hydrogen (secondary N) is 1. The van der Waals surface area contributed by atoms with Crippen LogP contribution in [0.3, 0.4) is 0 Å². The Morgan fingerprint density at radius 1 is 1.15 bits per heavy atom. The van der Waals surface area contributed by atoms with Gasteiger partial charge in [0.1, 0.15) is 25.3 Å². The highest BCUT2D eigenvalue weighted by Crippen LogP contribution is 2.32. The van der Waals surface area contributed by atoms with Gasteiger partial charge in [0.05, 0.1) is 4.92 Å². The number of carbonyl (C=O) groups excluding carboxylic acids is 3. The number of amides is 4. The third-order valence-corrected chi connectivity index (χ3v) is 5.68. The highest BCUT2D eigenvalue weighted by Gasteiger charge is 2.49. The van der Waals surface area contributed by atoms with E-state index in [4.69, 9.17) is 9.47 Å². The van der Waals surface area contributed by atoms with Crippen LogP contribution in [0.25, 0.3) is 0 Å². The molecular weight excluding hydrogens is 432 g/mol. The molecule has 4 amide bonds. The summed E-state index contributed by atoms with van der Waals surface area (Å²) in [5.74, 6) is 0.208. The van der Waals surface area contributed by atoms with E-state index in [0.29, 0.717) is 30.3 Å². The molecule has 2 aliphatic rings. The molecule has 0 saturated carbocycles. The van der Waals surface area contributed by atoms with Gasteiger partial charge in [-0.3, -0.25) is 24.6 Å². The zero-order valence-corrected chi connectivity index (χ0v) is 18.1. The molecule has 172 valence electrons. The first-order valence-electron chi connectivity index (χ1n) is 10.2. The molecule has 0 bridgehead atoms. The fraction of sp³-hybridized carbons (Fsp3) is 0.318. The van der Waals surface area contributed by atoms with Crippen molar-refractivity contribution in [1.82, 2.24) is 15.1 Å². The number of urea groups is 1. The predicted molar refractivity (Wildman–Crippen MR) is 115 cm³/mol. The maximum Gasteiger partial charge on any atom is 0.325 e. The summed E-state index contributed by atoms with van der Waals surface area (Å²) in [7, 11) is 1.58. The largest absolute Gasteiger partial charge is 0.486 e. The molecule has 2 aliphatic heterocycles. The van der Waals surface area contributed by atoms with Crippen molar-refractivity contribution in [1.29, 1.82) is 0 Å². The number of non-ortho nitro benzene ring substituents is 1. The lowest BCUT2D eigenvalue weighted by Gasteiger charge is -2.24. The normalized spacial score (nSPS) is 19.3. The van der Waals surface area contributed by atoms with Gasteiger partial charge < -0.3 is 19.7 Å². The molecule has 0 radical (unpaired) electrons. The number of benzene rings is 2. The first-order chi connectivity index (χ1) is 15.7. The molecule has 1 saturated heterocycles. The molecule has 1 unspecified atom stereocenters. The molecule has 2 heterocycles. The number of nitrogens with zero attached hydrogens (tertiary/aromatic N) is 3. The standard InChI is InChI=1S/C22H22N4O7/c1-22(15-4-6-16(7-5-15)26(30)31)20(28)25(21(29)23-22)13-19(27)24(2)12-14-3-8-17-18(11-14)33-10-9-32-17/h3-8,11H,9-10,12-13H2,1-2H3,(H,23,29). The van der Waals surface area contributed by atoms with Gasteiger partial charge >= 0.3 is 6.03 Å². The molecule has 1 atom stereocenters. The summed E-state index contributed by atoms with van der Waals surface area (Å²) in [6, 6.07) is 10.0. The molecule has 4 rings (SSSR count). The predicted octanol–water partition coefficient (Wildman–Crippen LogP) is 1.79. The molecule has 2 aromatic carbocycles. The number of carbonyl (C=O) groups is 3. The van der Waals surface area contributed by atoms with Crippen molar-refractivity contribution in [2.45, 2.75) is 19.0 Å². The van der Waals surface area contributed by atoms with Crippen LogP contribution in [0.2, 0.25) is 0 Å². The minimum absolute atomic E-state index is 0.132. The number of rotatable bonds is 6. The molecule has 0 aliphatic carbocycles. The minimum atomic E-state index is -1.43. The molecule has 2 aromatic rings. The van der Waals surface area contributed by atoms with Crippen molar-refractivity contribution in [3.05, 3.63) is 63.7 Å².